The Balaban J connectivity index is 1.91. The van der Waals surface area contributed by atoms with Crippen LogP contribution in [-0.4, -0.2) is 23.3 Å². The summed E-state index contributed by atoms with van der Waals surface area (Å²) in [5, 5.41) is 4.78. The minimum atomic E-state index is -0.822. The number of rotatable bonds is 5. The number of nitrogens with one attached hydrogen (secondary N) is 2. The number of nitrogens with zero attached hydrogens (tertiary/aromatic N) is 1. The first-order valence-electron chi connectivity index (χ1n) is 6.76. The molecule has 2 rings (SSSR count). The second kappa shape index (κ2) is 8.21. The van der Waals surface area contributed by atoms with Gasteiger partial charge in [0.05, 0.1) is 11.9 Å². The molecule has 0 bridgehead atoms. The maximum absolute atomic E-state index is 12.8. The van der Waals surface area contributed by atoms with Crippen molar-refractivity contribution in [2.45, 2.75) is 0 Å². The van der Waals surface area contributed by atoms with Crippen LogP contribution in [0.4, 0.5) is 10.1 Å². The first kappa shape index (κ1) is 17.6. The van der Waals surface area contributed by atoms with Crippen molar-refractivity contribution in [1.82, 2.24) is 10.3 Å². The molecule has 1 heterocycles. The van der Waals surface area contributed by atoms with Crippen LogP contribution in [0.2, 0.25) is 0 Å². The van der Waals surface area contributed by atoms with E-state index < -0.39 is 11.8 Å². The second-order valence-electron chi connectivity index (χ2n) is 4.60. The van der Waals surface area contributed by atoms with Gasteiger partial charge in [-0.15, -0.1) is 0 Å². The van der Waals surface area contributed by atoms with E-state index in [1.165, 1.54) is 42.6 Å². The Labute approximate surface area is 145 Å². The summed E-state index contributed by atoms with van der Waals surface area (Å²) < 4.78 is 18.8. The minimum absolute atomic E-state index is 0.148. The SMILES string of the molecule is C=C(Br)CNC(=O)C(=O)Nc1ccc(Oc2ccc(F)cc2)nc1. The van der Waals surface area contributed by atoms with Gasteiger partial charge in [0.15, 0.2) is 0 Å². The van der Waals surface area contributed by atoms with E-state index >= 15 is 0 Å². The van der Waals surface area contributed by atoms with Crippen LogP contribution in [0.15, 0.2) is 53.7 Å². The van der Waals surface area contributed by atoms with Crippen LogP contribution in [-0.2, 0) is 9.59 Å². The molecule has 2 N–H and O–H groups in total. The Morgan fingerprint density at radius 3 is 2.46 bits per heavy atom. The quantitative estimate of drug-likeness (QED) is 0.765. The van der Waals surface area contributed by atoms with Gasteiger partial charge in [0.25, 0.3) is 0 Å². The Bertz CT molecular complexity index is 748. The summed E-state index contributed by atoms with van der Waals surface area (Å²) in [4.78, 5) is 27.2. The molecule has 0 aliphatic rings. The fourth-order valence-electron chi connectivity index (χ4n) is 1.58. The van der Waals surface area contributed by atoms with Gasteiger partial charge in [-0.2, -0.15) is 0 Å². The van der Waals surface area contributed by atoms with Crippen LogP contribution in [0, 0.1) is 5.82 Å². The van der Waals surface area contributed by atoms with E-state index in [0.717, 1.165) is 0 Å². The summed E-state index contributed by atoms with van der Waals surface area (Å²) in [6, 6.07) is 8.51. The number of hydrogen-bond acceptors (Lipinski definition) is 4. The number of hydrogen-bond donors (Lipinski definition) is 2. The number of halogens is 2. The first-order chi connectivity index (χ1) is 11.4. The average molecular weight is 394 g/mol. The summed E-state index contributed by atoms with van der Waals surface area (Å²) in [6.45, 7) is 3.69. The third kappa shape index (κ3) is 5.47. The van der Waals surface area contributed by atoms with Crippen LogP contribution in [0.5, 0.6) is 11.6 Å². The summed E-state index contributed by atoms with van der Waals surface area (Å²) in [5.41, 5.74) is 0.333. The Morgan fingerprint density at radius 2 is 1.88 bits per heavy atom. The van der Waals surface area contributed by atoms with Crippen molar-refractivity contribution in [3.05, 3.63) is 59.5 Å². The lowest BCUT2D eigenvalue weighted by Crippen LogP contribution is -2.35. The van der Waals surface area contributed by atoms with E-state index in [4.69, 9.17) is 4.74 Å². The van der Waals surface area contributed by atoms with E-state index in [0.29, 0.717) is 15.9 Å². The number of benzene rings is 1. The lowest BCUT2D eigenvalue weighted by atomic mass is 10.3. The molecule has 6 nitrogen and oxygen atoms in total. The van der Waals surface area contributed by atoms with E-state index in [-0.39, 0.29) is 18.2 Å². The molecule has 8 heteroatoms. The van der Waals surface area contributed by atoms with Gasteiger partial charge in [-0.25, -0.2) is 9.37 Å². The highest BCUT2D eigenvalue weighted by Crippen LogP contribution is 2.20. The van der Waals surface area contributed by atoms with Crippen molar-refractivity contribution in [3.63, 3.8) is 0 Å². The van der Waals surface area contributed by atoms with E-state index in [1.807, 2.05) is 0 Å². The molecule has 2 aromatic rings. The number of aromatic nitrogens is 1. The molecule has 1 aromatic heterocycles. The van der Waals surface area contributed by atoms with Crippen LogP contribution >= 0.6 is 15.9 Å². The molecule has 0 atom stereocenters. The molecular weight excluding hydrogens is 381 g/mol. The zero-order valence-corrected chi connectivity index (χ0v) is 14.0. The molecule has 2 amide bonds. The van der Waals surface area contributed by atoms with Gasteiger partial charge >= 0.3 is 11.8 Å². The molecule has 0 saturated carbocycles. The molecule has 1 aromatic carbocycles. The lowest BCUT2D eigenvalue weighted by molar-refractivity contribution is -0.136. The maximum Gasteiger partial charge on any atom is 0.313 e. The number of amides is 2. The number of ether oxygens (including phenoxy) is 1. The maximum atomic E-state index is 12.8. The molecule has 0 radical (unpaired) electrons. The Hall–Kier alpha value is -2.74. The normalized spacial score (nSPS) is 9.92. The van der Waals surface area contributed by atoms with Crippen molar-refractivity contribution >= 4 is 33.4 Å². The molecule has 0 unspecified atom stereocenters. The molecule has 0 saturated heterocycles. The highest BCUT2D eigenvalue weighted by atomic mass is 79.9. The predicted octanol–water partition coefficient (Wildman–Crippen LogP) is 2.98. The molecule has 0 aliphatic heterocycles. The monoisotopic (exact) mass is 393 g/mol. The van der Waals surface area contributed by atoms with Crippen LogP contribution in [0.25, 0.3) is 0 Å². The minimum Gasteiger partial charge on any atom is -0.439 e. The van der Waals surface area contributed by atoms with Gasteiger partial charge in [-0.1, -0.05) is 22.5 Å². The van der Waals surface area contributed by atoms with Crippen LogP contribution < -0.4 is 15.4 Å². The summed E-state index contributed by atoms with van der Waals surface area (Å²) >= 11 is 3.07. The van der Waals surface area contributed by atoms with Crippen molar-refractivity contribution < 1.29 is 18.7 Å². The highest BCUT2D eigenvalue weighted by Gasteiger charge is 2.13. The predicted molar refractivity (Wildman–Crippen MR) is 90.4 cm³/mol. The smallest absolute Gasteiger partial charge is 0.313 e. The fraction of sp³-hybridized carbons (Fsp3) is 0.0625. The van der Waals surface area contributed by atoms with E-state index in [9.17, 15) is 14.0 Å². The molecule has 0 spiro atoms. The zero-order chi connectivity index (χ0) is 17.5. The van der Waals surface area contributed by atoms with Crippen molar-refractivity contribution in [2.24, 2.45) is 0 Å². The Morgan fingerprint density at radius 1 is 1.17 bits per heavy atom. The number of pyridine rings is 1. The molecule has 124 valence electrons. The number of carbonyl (C=O) groups is 2. The lowest BCUT2D eigenvalue weighted by Gasteiger charge is -2.07. The largest absolute Gasteiger partial charge is 0.439 e. The topological polar surface area (TPSA) is 80.3 Å². The van der Waals surface area contributed by atoms with Crippen LogP contribution in [0.1, 0.15) is 0 Å². The number of carbonyl (C=O) groups excluding carboxylic acids is 2. The van der Waals surface area contributed by atoms with Gasteiger partial charge in [-0.05, 0) is 30.3 Å². The van der Waals surface area contributed by atoms with E-state index in [2.05, 4.69) is 38.1 Å². The summed E-state index contributed by atoms with van der Waals surface area (Å²) in [6.07, 6.45) is 1.34. The highest BCUT2D eigenvalue weighted by molar-refractivity contribution is 9.11. The van der Waals surface area contributed by atoms with Gasteiger partial charge in [0.2, 0.25) is 5.88 Å². The molecule has 24 heavy (non-hydrogen) atoms. The van der Waals surface area contributed by atoms with Crippen LogP contribution in [0.3, 0.4) is 0 Å². The van der Waals surface area contributed by atoms with Gasteiger partial charge in [-0.3, -0.25) is 9.59 Å². The van der Waals surface area contributed by atoms with Gasteiger partial charge in [0, 0.05) is 17.1 Å². The summed E-state index contributed by atoms with van der Waals surface area (Å²) in [5.74, 6) is -1.29. The molecule has 0 aliphatic carbocycles. The zero-order valence-electron chi connectivity index (χ0n) is 12.4. The third-order valence-corrected chi connectivity index (χ3v) is 2.96. The van der Waals surface area contributed by atoms with Crippen molar-refractivity contribution in [3.8, 4) is 11.6 Å². The van der Waals surface area contributed by atoms with E-state index in [1.54, 1.807) is 0 Å². The van der Waals surface area contributed by atoms with Crippen molar-refractivity contribution in [1.29, 1.82) is 0 Å². The third-order valence-electron chi connectivity index (χ3n) is 2.68. The Kier molecular flexibility index (Phi) is 6.02. The number of anilines is 1. The second-order valence-corrected chi connectivity index (χ2v) is 5.72. The van der Waals surface area contributed by atoms with Crippen molar-refractivity contribution in [2.75, 3.05) is 11.9 Å². The molecular formula is C16H13BrFN3O3. The van der Waals surface area contributed by atoms with Gasteiger partial charge < -0.3 is 15.4 Å². The fourth-order valence-corrected chi connectivity index (χ4v) is 1.72. The van der Waals surface area contributed by atoms with Gasteiger partial charge in [0.1, 0.15) is 11.6 Å². The first-order valence-corrected chi connectivity index (χ1v) is 7.55. The standard InChI is InChI=1S/C16H13BrFN3O3/c1-10(17)8-20-15(22)16(23)21-12-4-7-14(19-9-12)24-13-5-2-11(18)3-6-13/h2-7,9H,1,8H2,(H,20,22)(H,21,23). The average Bonchev–Trinajstić information content (AvgIpc) is 2.56. The summed E-state index contributed by atoms with van der Waals surface area (Å²) in [7, 11) is 0. The molecule has 0 fully saturated rings.